The molecular weight excluding hydrogens is 476 g/mol. The van der Waals surface area contributed by atoms with E-state index in [-0.39, 0.29) is 0 Å². The normalized spacial score (nSPS) is 15.8. The monoisotopic (exact) mass is 506 g/mol. The van der Waals surface area contributed by atoms with Crippen molar-refractivity contribution in [3.63, 3.8) is 0 Å². The summed E-state index contributed by atoms with van der Waals surface area (Å²) in [5.74, 6) is 2.43. The number of fused-ring (bicyclic) bond motifs is 1. The number of benzene rings is 2. The number of hydrogen-bond acceptors (Lipinski definition) is 5. The fourth-order valence-corrected chi connectivity index (χ4v) is 5.12. The molecule has 0 amide bonds. The summed E-state index contributed by atoms with van der Waals surface area (Å²) in [5.41, 5.74) is 3.78. The molecular formula is C27H31ClN6S. The summed E-state index contributed by atoms with van der Waals surface area (Å²) < 4.78 is 0. The predicted molar refractivity (Wildman–Crippen MR) is 148 cm³/mol. The van der Waals surface area contributed by atoms with Crippen LogP contribution >= 0.6 is 23.8 Å². The van der Waals surface area contributed by atoms with Gasteiger partial charge in [-0.05, 0) is 54.2 Å². The van der Waals surface area contributed by atoms with E-state index in [4.69, 9.17) is 33.8 Å². The minimum atomic E-state index is 0.480. The Morgan fingerprint density at radius 2 is 1.54 bits per heavy atom. The minimum absolute atomic E-state index is 0.480. The maximum atomic E-state index is 6.29. The maximum absolute atomic E-state index is 6.29. The molecule has 35 heavy (non-hydrogen) atoms. The van der Waals surface area contributed by atoms with E-state index >= 15 is 0 Å². The highest BCUT2D eigenvalue weighted by Gasteiger charge is 2.21. The van der Waals surface area contributed by atoms with Gasteiger partial charge in [0.25, 0.3) is 0 Å². The Bertz CT molecular complexity index is 1180. The van der Waals surface area contributed by atoms with Gasteiger partial charge in [0.2, 0.25) is 5.95 Å². The third-order valence-corrected chi connectivity index (χ3v) is 7.32. The number of nitrogens with one attached hydrogen (secondary N) is 2. The van der Waals surface area contributed by atoms with E-state index in [0.717, 1.165) is 54.8 Å². The van der Waals surface area contributed by atoms with Crippen LogP contribution in [-0.2, 0) is 19.5 Å². The van der Waals surface area contributed by atoms with Gasteiger partial charge in [-0.3, -0.25) is 0 Å². The fraction of sp³-hybridized carbons (Fsp3) is 0.370. The van der Waals surface area contributed by atoms with Crippen LogP contribution in [0.2, 0.25) is 5.02 Å². The zero-order valence-electron chi connectivity index (χ0n) is 19.8. The second kappa shape index (κ2) is 11.2. The van der Waals surface area contributed by atoms with Crippen molar-refractivity contribution in [1.29, 1.82) is 0 Å². The van der Waals surface area contributed by atoms with Gasteiger partial charge >= 0.3 is 0 Å². The average Bonchev–Trinajstić information content (AvgIpc) is 3.18. The second-order valence-electron chi connectivity index (χ2n) is 9.15. The molecule has 182 valence electrons. The first-order valence-corrected chi connectivity index (χ1v) is 13.2. The molecule has 1 fully saturated rings. The predicted octanol–water partition coefficient (Wildman–Crippen LogP) is 5.56. The topological polar surface area (TPSA) is 56.3 Å². The second-order valence-corrected chi connectivity index (χ2v) is 9.96. The molecule has 3 heterocycles. The Labute approximate surface area is 217 Å². The Hall–Kier alpha value is -2.90. The summed E-state index contributed by atoms with van der Waals surface area (Å²) in [6.45, 7) is 4.36. The van der Waals surface area contributed by atoms with Crippen molar-refractivity contribution in [2.24, 2.45) is 0 Å². The minimum Gasteiger partial charge on any atom is -0.358 e. The van der Waals surface area contributed by atoms with Crippen LogP contribution in [0.1, 0.15) is 42.4 Å². The first kappa shape index (κ1) is 23.8. The molecule has 0 bridgehead atoms. The maximum Gasteiger partial charge on any atom is 0.232 e. The molecule has 5 rings (SSSR count). The van der Waals surface area contributed by atoms with Gasteiger partial charge < -0.3 is 20.4 Å². The molecule has 1 saturated heterocycles. The van der Waals surface area contributed by atoms with Crippen LogP contribution in [-0.4, -0.2) is 34.7 Å². The molecule has 0 saturated carbocycles. The lowest BCUT2D eigenvalue weighted by atomic mass is 10.00. The first-order chi connectivity index (χ1) is 17.2. The van der Waals surface area contributed by atoms with Crippen LogP contribution in [0, 0.1) is 0 Å². The third kappa shape index (κ3) is 6.03. The lowest BCUT2D eigenvalue weighted by Gasteiger charge is -2.31. The molecule has 2 aromatic carbocycles. The number of aromatic nitrogens is 2. The smallest absolute Gasteiger partial charge is 0.232 e. The van der Waals surface area contributed by atoms with Crippen LogP contribution in [0.5, 0.6) is 0 Å². The zero-order chi connectivity index (χ0) is 24.0. The molecule has 6 nitrogen and oxygen atoms in total. The van der Waals surface area contributed by atoms with E-state index in [2.05, 4.69) is 50.8 Å². The van der Waals surface area contributed by atoms with Crippen molar-refractivity contribution in [2.45, 2.75) is 45.2 Å². The molecule has 1 aromatic heterocycles. The molecule has 2 aliphatic heterocycles. The van der Waals surface area contributed by atoms with Gasteiger partial charge in [0.05, 0.1) is 0 Å². The van der Waals surface area contributed by atoms with E-state index in [9.17, 15) is 0 Å². The van der Waals surface area contributed by atoms with Crippen LogP contribution in [0.4, 0.5) is 17.6 Å². The van der Waals surface area contributed by atoms with Gasteiger partial charge in [0, 0.05) is 43.8 Å². The molecule has 3 aromatic rings. The quantitative estimate of drug-likeness (QED) is 0.439. The summed E-state index contributed by atoms with van der Waals surface area (Å²) >= 11 is 11.9. The van der Waals surface area contributed by atoms with Crippen molar-refractivity contribution in [3.8, 4) is 0 Å². The highest BCUT2D eigenvalue weighted by Crippen LogP contribution is 2.28. The van der Waals surface area contributed by atoms with Gasteiger partial charge in [-0.1, -0.05) is 66.9 Å². The number of hydrogen-bond donors (Lipinski definition) is 2. The van der Waals surface area contributed by atoms with E-state index in [1.807, 2.05) is 24.3 Å². The molecule has 0 spiro atoms. The van der Waals surface area contributed by atoms with Gasteiger partial charge in [-0.25, -0.2) is 0 Å². The standard InChI is InChI=1S/C27H31ClN6S/c28-23-12-6-5-10-21(23)18-29-27(35)32-26-30-24(33-14-7-1-2-8-15-33)17-25(31-26)34-16-13-20-9-3-4-11-22(20)19-34/h3-6,9-12,17H,1-2,7-8,13-16,18-19H2,(H2,29,30,31,32,35). The number of halogens is 1. The molecule has 0 aliphatic carbocycles. The van der Waals surface area contributed by atoms with Gasteiger partial charge in [0.15, 0.2) is 5.11 Å². The SMILES string of the molecule is S=C(NCc1ccccc1Cl)Nc1nc(N2CCCCCC2)cc(N2CCc3ccccc3C2)n1. The van der Waals surface area contributed by atoms with E-state index in [1.165, 1.54) is 36.8 Å². The van der Waals surface area contributed by atoms with Gasteiger partial charge in [-0.15, -0.1) is 0 Å². The highest BCUT2D eigenvalue weighted by atomic mass is 35.5. The molecule has 2 aliphatic rings. The molecule has 2 N–H and O–H groups in total. The van der Waals surface area contributed by atoms with Crippen molar-refractivity contribution in [2.75, 3.05) is 34.8 Å². The van der Waals surface area contributed by atoms with Crippen LogP contribution in [0.3, 0.4) is 0 Å². The van der Waals surface area contributed by atoms with Crippen molar-refractivity contribution in [3.05, 3.63) is 76.3 Å². The Morgan fingerprint density at radius 1 is 0.857 bits per heavy atom. The Morgan fingerprint density at radius 3 is 2.31 bits per heavy atom. The summed E-state index contributed by atoms with van der Waals surface area (Å²) in [4.78, 5) is 14.5. The Balaban J connectivity index is 1.36. The van der Waals surface area contributed by atoms with Crippen LogP contribution < -0.4 is 20.4 Å². The third-order valence-electron chi connectivity index (χ3n) is 6.71. The Kier molecular flexibility index (Phi) is 7.64. The number of thiocarbonyl (C=S) groups is 1. The molecule has 0 radical (unpaired) electrons. The molecule has 0 atom stereocenters. The average molecular weight is 507 g/mol. The summed E-state index contributed by atoms with van der Waals surface area (Å²) in [6, 6.07) is 18.6. The number of nitrogens with zero attached hydrogens (tertiary/aromatic N) is 4. The van der Waals surface area contributed by atoms with E-state index in [0.29, 0.717) is 17.6 Å². The molecule has 0 unspecified atom stereocenters. The van der Waals surface area contributed by atoms with E-state index < -0.39 is 0 Å². The molecule has 8 heteroatoms. The van der Waals surface area contributed by atoms with Gasteiger partial charge in [-0.2, -0.15) is 9.97 Å². The summed E-state index contributed by atoms with van der Waals surface area (Å²) in [7, 11) is 0. The largest absolute Gasteiger partial charge is 0.358 e. The number of anilines is 3. The summed E-state index contributed by atoms with van der Waals surface area (Å²) in [6.07, 6.45) is 5.95. The van der Waals surface area contributed by atoms with E-state index in [1.54, 1.807) is 0 Å². The highest BCUT2D eigenvalue weighted by molar-refractivity contribution is 7.80. The fourth-order valence-electron chi connectivity index (χ4n) is 4.76. The lowest BCUT2D eigenvalue weighted by molar-refractivity contribution is 0.717. The summed E-state index contributed by atoms with van der Waals surface area (Å²) in [5, 5.41) is 7.66. The van der Waals surface area contributed by atoms with Crippen LogP contribution in [0.15, 0.2) is 54.6 Å². The zero-order valence-corrected chi connectivity index (χ0v) is 21.4. The first-order valence-electron chi connectivity index (χ1n) is 12.4. The number of rotatable bonds is 5. The van der Waals surface area contributed by atoms with Gasteiger partial charge in [0.1, 0.15) is 11.6 Å². The van der Waals surface area contributed by atoms with Crippen molar-refractivity contribution in [1.82, 2.24) is 15.3 Å². The van der Waals surface area contributed by atoms with Crippen LogP contribution in [0.25, 0.3) is 0 Å². The van der Waals surface area contributed by atoms with Crippen molar-refractivity contribution < 1.29 is 0 Å². The lowest BCUT2D eigenvalue weighted by Crippen LogP contribution is -2.33. The van der Waals surface area contributed by atoms with Crippen molar-refractivity contribution >= 4 is 46.5 Å².